The molecule has 0 aromatic carbocycles. The van der Waals surface area contributed by atoms with Gasteiger partial charge in [0.15, 0.2) is 0 Å². The molecule has 3 aliphatic rings. The van der Waals surface area contributed by atoms with Crippen molar-refractivity contribution in [3.63, 3.8) is 0 Å². The van der Waals surface area contributed by atoms with Crippen molar-refractivity contribution in [3.05, 3.63) is 24.0 Å². The molecule has 2 aliphatic heterocycles. The summed E-state index contributed by atoms with van der Waals surface area (Å²) in [6, 6.07) is 3.76. The van der Waals surface area contributed by atoms with Crippen LogP contribution in [0.4, 0.5) is 0 Å². The first-order chi connectivity index (χ1) is 10.8. The molecule has 1 radical (unpaired) electrons. The van der Waals surface area contributed by atoms with Crippen molar-refractivity contribution >= 4 is 23.5 Å². The van der Waals surface area contributed by atoms with E-state index in [4.69, 9.17) is 12.6 Å². The third-order valence-corrected chi connectivity index (χ3v) is 4.99. The second-order valence-corrected chi connectivity index (χ2v) is 6.55. The van der Waals surface area contributed by atoms with Crippen molar-refractivity contribution in [1.82, 2.24) is 15.1 Å². The Hall–Kier alpha value is -0.751. The van der Waals surface area contributed by atoms with Crippen LogP contribution < -0.4 is 12.4 Å². The van der Waals surface area contributed by atoms with Crippen LogP contribution in [0.1, 0.15) is 44.7 Å². The third kappa shape index (κ3) is 5.38. The Labute approximate surface area is 166 Å². The first kappa shape index (κ1) is 21.3. The first-order valence-corrected chi connectivity index (χ1v) is 8.51. The summed E-state index contributed by atoms with van der Waals surface area (Å²) in [5, 5.41) is 17.3. The van der Waals surface area contributed by atoms with Gasteiger partial charge in [-0.2, -0.15) is 15.3 Å². The molecule has 4 rings (SSSR count). The predicted molar refractivity (Wildman–Crippen MR) is 90.7 cm³/mol. The van der Waals surface area contributed by atoms with Crippen LogP contribution in [0.25, 0.3) is 0 Å². The maximum absolute atomic E-state index is 5.50. The quantitative estimate of drug-likeness (QED) is 0.222. The Morgan fingerprint density at radius 3 is 2.33 bits per heavy atom. The standard InChI is InChI=1S/C16H23N5S.ClH.Cu/c1-2-14(15-4-3-9-17-18-15)19-20-16(22)21-10-12-5-6-13(11-21)8-7-12;;/h3-4,9,12-13H,2,5-8,10-11H2,1H3,(H,20,22);1H;/q;;+2/p-2/b19-14+;;. The molecule has 1 saturated carbocycles. The average molecular weight is 415 g/mol. The maximum Gasteiger partial charge on any atom is 2.00 e. The number of rotatable bonds is 3. The molecule has 3 heterocycles. The van der Waals surface area contributed by atoms with E-state index in [0.717, 1.165) is 42.8 Å². The Kier molecular flexibility index (Phi) is 9.13. The van der Waals surface area contributed by atoms with Crippen molar-refractivity contribution in [2.24, 2.45) is 22.0 Å². The summed E-state index contributed by atoms with van der Waals surface area (Å²) < 4.78 is 0. The molecule has 2 saturated heterocycles. The van der Waals surface area contributed by atoms with Gasteiger partial charge in [0.2, 0.25) is 0 Å². The molecule has 24 heavy (non-hydrogen) atoms. The van der Waals surface area contributed by atoms with E-state index in [9.17, 15) is 0 Å². The molecule has 3 fully saturated rings. The summed E-state index contributed by atoms with van der Waals surface area (Å²) in [4.78, 5) is 2.25. The van der Waals surface area contributed by atoms with E-state index in [2.05, 4.69) is 25.3 Å². The smallest absolute Gasteiger partial charge is 1.00 e. The summed E-state index contributed by atoms with van der Waals surface area (Å²) in [6.07, 6.45) is 7.78. The van der Waals surface area contributed by atoms with E-state index in [1.165, 1.54) is 25.7 Å². The minimum Gasteiger partial charge on any atom is -1.00 e. The summed E-state index contributed by atoms with van der Waals surface area (Å²) >= 11 is 5.50. The van der Waals surface area contributed by atoms with Gasteiger partial charge >= 0.3 is 17.1 Å². The Morgan fingerprint density at radius 1 is 1.21 bits per heavy atom. The molecule has 0 spiro atoms. The second-order valence-electron chi connectivity index (χ2n) is 6.18. The monoisotopic (exact) mass is 414 g/mol. The van der Waals surface area contributed by atoms with Gasteiger partial charge in [-0.3, -0.25) is 0 Å². The van der Waals surface area contributed by atoms with Crippen LogP contribution in [0.15, 0.2) is 28.5 Å². The van der Waals surface area contributed by atoms with Gasteiger partial charge in [0, 0.05) is 24.5 Å². The van der Waals surface area contributed by atoms with Gasteiger partial charge in [0.25, 0.3) is 0 Å². The van der Waals surface area contributed by atoms with Gasteiger partial charge in [-0.05, 0) is 56.1 Å². The zero-order valence-electron chi connectivity index (χ0n) is 13.7. The maximum atomic E-state index is 5.50. The van der Waals surface area contributed by atoms with Crippen LogP contribution >= 0.6 is 0 Å². The van der Waals surface area contributed by atoms with Gasteiger partial charge in [-0.15, -0.1) is 5.10 Å². The first-order valence-electron chi connectivity index (χ1n) is 8.10. The molecule has 2 bridgehead atoms. The number of aromatic nitrogens is 2. The van der Waals surface area contributed by atoms with E-state index in [0.29, 0.717) is 5.17 Å². The predicted octanol–water partition coefficient (Wildman–Crippen LogP) is -0.383. The number of halogens is 1. The van der Waals surface area contributed by atoms with Crippen LogP contribution in [0, 0.1) is 11.8 Å². The Bertz CT molecular complexity index is 547. The van der Waals surface area contributed by atoms with Crippen LogP contribution in [0.5, 0.6) is 0 Å². The van der Waals surface area contributed by atoms with Crippen molar-refractivity contribution < 1.29 is 29.5 Å². The molecule has 0 amide bonds. The molecule has 135 valence electrons. The van der Waals surface area contributed by atoms with Crippen LogP contribution in [0.3, 0.4) is 0 Å². The van der Waals surface area contributed by atoms with Crippen LogP contribution in [0.2, 0.25) is 0 Å². The van der Waals surface area contributed by atoms with Crippen molar-refractivity contribution in [3.8, 4) is 0 Å². The molecule has 0 atom stereocenters. The minimum atomic E-state index is 0. The van der Waals surface area contributed by atoms with Crippen molar-refractivity contribution in [1.29, 1.82) is 0 Å². The molecule has 0 unspecified atom stereocenters. The van der Waals surface area contributed by atoms with Gasteiger partial charge in [-0.1, -0.05) is 6.92 Å². The van der Waals surface area contributed by atoms with Crippen LogP contribution in [-0.2, 0) is 29.7 Å². The molecule has 1 aliphatic carbocycles. The molecule has 1 aromatic heterocycles. The fourth-order valence-corrected chi connectivity index (χ4v) is 3.57. The molecule has 8 heteroatoms. The second kappa shape index (κ2) is 10.3. The minimum absolute atomic E-state index is 0. The summed E-state index contributed by atoms with van der Waals surface area (Å²) in [7, 11) is 0. The van der Waals surface area contributed by atoms with E-state index >= 15 is 0 Å². The van der Waals surface area contributed by atoms with E-state index < -0.39 is 0 Å². The van der Waals surface area contributed by atoms with Gasteiger partial charge in [0.05, 0.1) is 5.71 Å². The normalized spacial score (nSPS) is 24.0. The Balaban J connectivity index is 0.00000144. The fraction of sp³-hybridized carbons (Fsp3) is 0.625. The zero-order chi connectivity index (χ0) is 15.4. The fourth-order valence-electron chi connectivity index (χ4n) is 3.38. The van der Waals surface area contributed by atoms with E-state index in [-0.39, 0.29) is 29.5 Å². The number of amidine groups is 1. The van der Waals surface area contributed by atoms with E-state index in [1.807, 2.05) is 19.1 Å². The third-order valence-electron chi connectivity index (χ3n) is 4.65. The molecule has 5 nitrogen and oxygen atoms in total. The molecule has 0 N–H and O–H groups in total. The summed E-state index contributed by atoms with van der Waals surface area (Å²) in [6.45, 7) is 4.13. The van der Waals surface area contributed by atoms with Crippen molar-refractivity contribution in [2.75, 3.05) is 13.1 Å². The van der Waals surface area contributed by atoms with E-state index in [1.54, 1.807) is 6.20 Å². The number of nitrogens with zero attached hydrogens (tertiary/aromatic N) is 5. The zero-order valence-corrected chi connectivity index (χ0v) is 16.2. The topological polar surface area (TPSA) is 53.7 Å². The molecular weight excluding hydrogens is 393 g/mol. The summed E-state index contributed by atoms with van der Waals surface area (Å²) in [5.41, 5.74) is 1.60. The summed E-state index contributed by atoms with van der Waals surface area (Å²) in [5.74, 6) is 1.56. The van der Waals surface area contributed by atoms with Crippen molar-refractivity contribution in [2.45, 2.75) is 39.0 Å². The number of hydrogen-bond acceptors (Lipinski definition) is 5. The van der Waals surface area contributed by atoms with Crippen LogP contribution in [-0.4, -0.2) is 39.1 Å². The molecule has 1 aromatic rings. The largest absolute Gasteiger partial charge is 2.00 e. The SMILES string of the molecule is CC/C(=N\N=C(/[S-])N1CC2CCC(CC2)C1)c1cccnn1.[Cl-].[Cu+2]. The average Bonchev–Trinajstić information content (AvgIpc) is 2.90. The number of fused-ring (bicyclic) bond motifs is 4. The Morgan fingerprint density at radius 2 is 1.83 bits per heavy atom. The van der Waals surface area contributed by atoms with Gasteiger partial charge < -0.3 is 29.9 Å². The van der Waals surface area contributed by atoms with Gasteiger partial charge in [-0.25, -0.2) is 0 Å². The molecular formula is C16H22ClCuN5S. The number of hydrogen-bond donors (Lipinski definition) is 0. The van der Waals surface area contributed by atoms with Gasteiger partial charge in [0.1, 0.15) is 5.69 Å².